The number of aliphatic hydroxyl groups excluding tert-OH is 1. The molecule has 5 nitrogen and oxygen atoms in total. The maximum Gasteiger partial charge on any atom is 0.0704 e. The van der Waals surface area contributed by atoms with Crippen LogP contribution in [-0.2, 0) is 14.2 Å². The lowest BCUT2D eigenvalue weighted by molar-refractivity contribution is -0.00798. The lowest BCUT2D eigenvalue weighted by atomic mass is 9.97. The summed E-state index contributed by atoms with van der Waals surface area (Å²) in [6.45, 7) is 6.83. The second kappa shape index (κ2) is 8.87. The van der Waals surface area contributed by atoms with Gasteiger partial charge in [0.2, 0.25) is 0 Å². The van der Waals surface area contributed by atoms with Crippen LogP contribution in [0.3, 0.4) is 0 Å². The van der Waals surface area contributed by atoms with Crippen LogP contribution >= 0.6 is 0 Å². The molecule has 19 heavy (non-hydrogen) atoms. The van der Waals surface area contributed by atoms with Crippen LogP contribution in [0.4, 0.5) is 0 Å². The molecular formula is C14H29NO4. The van der Waals surface area contributed by atoms with Crippen molar-refractivity contribution in [2.45, 2.75) is 50.8 Å². The van der Waals surface area contributed by atoms with Gasteiger partial charge < -0.3 is 24.6 Å². The normalized spacial score (nSPS) is 27.3. The molecule has 0 saturated heterocycles. The standard InChI is InChI=1S/C14H29NO4/c1-12(2)15-14(11-16)5-4-13(10-14)19-9-8-18-7-6-17-3/h12-13,15-16H,4-11H2,1-3H3. The molecule has 2 atom stereocenters. The minimum atomic E-state index is -0.157. The molecule has 0 aromatic carbocycles. The van der Waals surface area contributed by atoms with Gasteiger partial charge in [0.25, 0.3) is 0 Å². The lowest BCUT2D eigenvalue weighted by Gasteiger charge is -2.31. The number of aliphatic hydroxyl groups is 1. The number of hydrogen-bond acceptors (Lipinski definition) is 5. The first-order valence-corrected chi connectivity index (χ1v) is 7.19. The van der Waals surface area contributed by atoms with Gasteiger partial charge in [0.1, 0.15) is 0 Å². The summed E-state index contributed by atoms with van der Waals surface area (Å²) >= 11 is 0. The van der Waals surface area contributed by atoms with Crippen molar-refractivity contribution in [3.05, 3.63) is 0 Å². The first-order chi connectivity index (χ1) is 9.12. The molecule has 2 unspecified atom stereocenters. The molecule has 0 aliphatic heterocycles. The summed E-state index contributed by atoms with van der Waals surface area (Å²) < 4.78 is 16.1. The Kier molecular flexibility index (Phi) is 7.87. The number of nitrogens with one attached hydrogen (secondary N) is 1. The van der Waals surface area contributed by atoms with Gasteiger partial charge in [-0.3, -0.25) is 0 Å². The van der Waals surface area contributed by atoms with Crippen LogP contribution in [0.1, 0.15) is 33.1 Å². The highest BCUT2D eigenvalue weighted by Crippen LogP contribution is 2.32. The second-order valence-electron chi connectivity index (χ2n) is 5.58. The van der Waals surface area contributed by atoms with E-state index in [4.69, 9.17) is 14.2 Å². The van der Waals surface area contributed by atoms with Crippen LogP contribution < -0.4 is 5.32 Å². The van der Waals surface area contributed by atoms with Gasteiger partial charge >= 0.3 is 0 Å². The van der Waals surface area contributed by atoms with Crippen molar-refractivity contribution in [3.8, 4) is 0 Å². The molecule has 0 radical (unpaired) electrons. The van der Waals surface area contributed by atoms with E-state index >= 15 is 0 Å². The van der Waals surface area contributed by atoms with E-state index < -0.39 is 0 Å². The van der Waals surface area contributed by atoms with Gasteiger partial charge in [0.05, 0.1) is 39.1 Å². The molecule has 1 saturated carbocycles. The van der Waals surface area contributed by atoms with Crippen LogP contribution in [0.5, 0.6) is 0 Å². The number of methoxy groups -OCH3 is 1. The van der Waals surface area contributed by atoms with Crippen LogP contribution in [-0.4, -0.2) is 62.9 Å². The third-order valence-corrected chi connectivity index (χ3v) is 3.47. The van der Waals surface area contributed by atoms with Crippen molar-refractivity contribution in [1.82, 2.24) is 5.32 Å². The fourth-order valence-corrected chi connectivity index (χ4v) is 2.67. The molecule has 0 aromatic rings. The molecule has 0 aromatic heterocycles. The minimum absolute atomic E-state index is 0.157. The SMILES string of the molecule is COCCOCCOC1CCC(CO)(NC(C)C)C1. The Hall–Kier alpha value is -0.200. The van der Waals surface area contributed by atoms with E-state index in [1.807, 2.05) is 0 Å². The molecule has 0 spiro atoms. The van der Waals surface area contributed by atoms with E-state index in [0.29, 0.717) is 32.5 Å². The van der Waals surface area contributed by atoms with Crippen LogP contribution in [0.2, 0.25) is 0 Å². The quantitative estimate of drug-likeness (QED) is 0.581. The van der Waals surface area contributed by atoms with Crippen molar-refractivity contribution >= 4 is 0 Å². The Bertz CT molecular complexity index is 237. The molecule has 1 aliphatic rings. The monoisotopic (exact) mass is 275 g/mol. The Morgan fingerprint density at radius 1 is 1.26 bits per heavy atom. The summed E-state index contributed by atoms with van der Waals surface area (Å²) in [5.41, 5.74) is -0.157. The number of rotatable bonds is 10. The molecule has 2 N–H and O–H groups in total. The molecule has 114 valence electrons. The van der Waals surface area contributed by atoms with E-state index in [1.54, 1.807) is 7.11 Å². The topological polar surface area (TPSA) is 60.0 Å². The highest BCUT2D eigenvalue weighted by Gasteiger charge is 2.39. The molecule has 0 heterocycles. The highest BCUT2D eigenvalue weighted by molar-refractivity contribution is 4.97. The summed E-state index contributed by atoms with van der Waals surface area (Å²) in [6, 6.07) is 0.378. The summed E-state index contributed by atoms with van der Waals surface area (Å²) in [7, 11) is 1.66. The molecule has 5 heteroatoms. The second-order valence-corrected chi connectivity index (χ2v) is 5.58. The van der Waals surface area contributed by atoms with Crippen molar-refractivity contribution in [3.63, 3.8) is 0 Å². The van der Waals surface area contributed by atoms with E-state index in [1.165, 1.54) is 0 Å². The highest BCUT2D eigenvalue weighted by atomic mass is 16.5. The van der Waals surface area contributed by atoms with Gasteiger partial charge in [0.15, 0.2) is 0 Å². The smallest absolute Gasteiger partial charge is 0.0704 e. The first kappa shape index (κ1) is 16.9. The molecule has 0 bridgehead atoms. The van der Waals surface area contributed by atoms with Crippen molar-refractivity contribution < 1.29 is 19.3 Å². The molecular weight excluding hydrogens is 246 g/mol. The van der Waals surface area contributed by atoms with E-state index in [2.05, 4.69) is 19.2 Å². The maximum absolute atomic E-state index is 9.60. The minimum Gasteiger partial charge on any atom is -0.394 e. The molecule has 1 fully saturated rings. The summed E-state index contributed by atoms with van der Waals surface area (Å²) in [5.74, 6) is 0. The predicted molar refractivity (Wildman–Crippen MR) is 74.4 cm³/mol. The van der Waals surface area contributed by atoms with Crippen molar-refractivity contribution in [2.75, 3.05) is 40.1 Å². The molecule has 1 aliphatic carbocycles. The fourth-order valence-electron chi connectivity index (χ4n) is 2.67. The largest absolute Gasteiger partial charge is 0.394 e. The van der Waals surface area contributed by atoms with Gasteiger partial charge in [-0.2, -0.15) is 0 Å². The van der Waals surface area contributed by atoms with Gasteiger partial charge in [-0.25, -0.2) is 0 Å². The number of hydrogen-bond donors (Lipinski definition) is 2. The summed E-state index contributed by atoms with van der Waals surface area (Å²) in [5, 5.41) is 13.1. The Morgan fingerprint density at radius 2 is 2.00 bits per heavy atom. The van der Waals surface area contributed by atoms with Crippen LogP contribution in [0.25, 0.3) is 0 Å². The van der Waals surface area contributed by atoms with Gasteiger partial charge in [0, 0.05) is 18.7 Å². The predicted octanol–water partition coefficient (Wildman–Crippen LogP) is 0.948. The molecule has 1 rings (SSSR count). The fraction of sp³-hybridized carbons (Fsp3) is 1.00. The van der Waals surface area contributed by atoms with E-state index in [9.17, 15) is 5.11 Å². The number of ether oxygens (including phenoxy) is 3. The average Bonchev–Trinajstić information content (AvgIpc) is 2.77. The van der Waals surface area contributed by atoms with Crippen molar-refractivity contribution in [2.24, 2.45) is 0 Å². The van der Waals surface area contributed by atoms with Crippen LogP contribution in [0.15, 0.2) is 0 Å². The third kappa shape index (κ3) is 6.19. The van der Waals surface area contributed by atoms with Crippen molar-refractivity contribution in [1.29, 1.82) is 0 Å². The zero-order chi connectivity index (χ0) is 14.1. The van der Waals surface area contributed by atoms with E-state index in [-0.39, 0.29) is 18.2 Å². The Labute approximate surface area is 116 Å². The Morgan fingerprint density at radius 3 is 2.63 bits per heavy atom. The zero-order valence-electron chi connectivity index (χ0n) is 12.5. The van der Waals surface area contributed by atoms with E-state index in [0.717, 1.165) is 19.3 Å². The average molecular weight is 275 g/mol. The Balaban J connectivity index is 2.16. The van der Waals surface area contributed by atoms with Gasteiger partial charge in [-0.05, 0) is 19.3 Å². The third-order valence-electron chi connectivity index (χ3n) is 3.47. The summed E-state index contributed by atoms with van der Waals surface area (Å²) in [4.78, 5) is 0. The van der Waals surface area contributed by atoms with Gasteiger partial charge in [-0.15, -0.1) is 0 Å². The molecule has 0 amide bonds. The van der Waals surface area contributed by atoms with Gasteiger partial charge in [-0.1, -0.05) is 13.8 Å². The maximum atomic E-state index is 9.60. The lowest BCUT2D eigenvalue weighted by Crippen LogP contribution is -2.50. The zero-order valence-corrected chi connectivity index (χ0v) is 12.5. The first-order valence-electron chi connectivity index (χ1n) is 7.19. The summed E-state index contributed by atoms with van der Waals surface area (Å²) in [6.07, 6.45) is 3.07. The van der Waals surface area contributed by atoms with Crippen LogP contribution in [0, 0.1) is 0 Å².